The third kappa shape index (κ3) is 5.54. The summed E-state index contributed by atoms with van der Waals surface area (Å²) in [7, 11) is -1.47. The van der Waals surface area contributed by atoms with E-state index < -0.39 is 9.84 Å². The molecule has 146 valence electrons. The first-order valence-electron chi connectivity index (χ1n) is 8.70. The SMILES string of the molecule is COc1cccc(COCC(=O)N(Cc2cccs2)C2CCS(=O)(=O)C2)c1. The minimum Gasteiger partial charge on any atom is -0.497 e. The van der Waals surface area contributed by atoms with Crippen molar-refractivity contribution in [3.8, 4) is 5.75 Å². The monoisotopic (exact) mass is 409 g/mol. The first-order chi connectivity index (χ1) is 13.0. The lowest BCUT2D eigenvalue weighted by Crippen LogP contribution is -2.42. The van der Waals surface area contributed by atoms with Crippen LogP contribution in [0.2, 0.25) is 0 Å². The normalized spacial score (nSPS) is 18.3. The van der Waals surface area contributed by atoms with Crippen LogP contribution in [0, 0.1) is 0 Å². The lowest BCUT2D eigenvalue weighted by molar-refractivity contribution is -0.139. The van der Waals surface area contributed by atoms with Crippen LogP contribution in [0.5, 0.6) is 5.75 Å². The number of thiophene rings is 1. The van der Waals surface area contributed by atoms with Gasteiger partial charge in [-0.05, 0) is 35.6 Å². The summed E-state index contributed by atoms with van der Waals surface area (Å²) < 4.78 is 34.5. The molecule has 0 bridgehead atoms. The number of carbonyl (C=O) groups is 1. The maximum atomic E-state index is 12.8. The Morgan fingerprint density at radius 2 is 2.15 bits per heavy atom. The van der Waals surface area contributed by atoms with Crippen LogP contribution in [-0.4, -0.2) is 50.5 Å². The summed E-state index contributed by atoms with van der Waals surface area (Å²) in [5.74, 6) is 0.711. The molecular weight excluding hydrogens is 386 g/mol. The first kappa shape index (κ1) is 19.9. The van der Waals surface area contributed by atoms with Gasteiger partial charge in [0.1, 0.15) is 12.4 Å². The Morgan fingerprint density at radius 1 is 1.30 bits per heavy atom. The van der Waals surface area contributed by atoms with Crippen LogP contribution < -0.4 is 4.74 Å². The lowest BCUT2D eigenvalue weighted by Gasteiger charge is -2.28. The van der Waals surface area contributed by atoms with Gasteiger partial charge in [-0.1, -0.05) is 18.2 Å². The number of methoxy groups -OCH3 is 1. The maximum absolute atomic E-state index is 12.8. The summed E-state index contributed by atoms with van der Waals surface area (Å²) >= 11 is 1.55. The van der Waals surface area contributed by atoms with Crippen molar-refractivity contribution in [2.45, 2.75) is 25.6 Å². The number of benzene rings is 1. The van der Waals surface area contributed by atoms with Crippen LogP contribution in [0.1, 0.15) is 16.9 Å². The van der Waals surface area contributed by atoms with Crippen LogP contribution in [-0.2, 0) is 32.5 Å². The van der Waals surface area contributed by atoms with Gasteiger partial charge < -0.3 is 14.4 Å². The smallest absolute Gasteiger partial charge is 0.249 e. The predicted octanol–water partition coefficient (Wildman–Crippen LogP) is 2.49. The molecule has 6 nitrogen and oxygen atoms in total. The van der Waals surface area contributed by atoms with E-state index in [2.05, 4.69) is 0 Å². The van der Waals surface area contributed by atoms with Gasteiger partial charge in [0.05, 0.1) is 31.8 Å². The average molecular weight is 410 g/mol. The molecule has 8 heteroatoms. The molecule has 0 radical (unpaired) electrons. The Morgan fingerprint density at radius 3 is 2.81 bits per heavy atom. The molecule has 1 aliphatic rings. The number of rotatable bonds is 8. The van der Waals surface area contributed by atoms with Crippen molar-refractivity contribution in [3.63, 3.8) is 0 Å². The van der Waals surface area contributed by atoms with Gasteiger partial charge in [0.2, 0.25) is 5.91 Å². The summed E-state index contributed by atoms with van der Waals surface area (Å²) in [4.78, 5) is 15.4. The third-order valence-corrected chi connectivity index (χ3v) is 7.12. The van der Waals surface area contributed by atoms with Crippen molar-refractivity contribution in [2.75, 3.05) is 25.2 Å². The van der Waals surface area contributed by atoms with Crippen LogP contribution in [0.15, 0.2) is 41.8 Å². The second-order valence-corrected chi connectivity index (χ2v) is 9.76. The van der Waals surface area contributed by atoms with Gasteiger partial charge in [0, 0.05) is 10.9 Å². The summed E-state index contributed by atoms with van der Waals surface area (Å²) in [5, 5.41) is 1.95. The number of nitrogens with zero attached hydrogens (tertiary/aromatic N) is 1. The number of hydrogen-bond acceptors (Lipinski definition) is 6. The zero-order valence-corrected chi connectivity index (χ0v) is 16.8. The number of amides is 1. The van der Waals surface area contributed by atoms with E-state index in [4.69, 9.17) is 9.47 Å². The zero-order valence-electron chi connectivity index (χ0n) is 15.2. The molecule has 0 aliphatic carbocycles. The first-order valence-corrected chi connectivity index (χ1v) is 11.4. The molecule has 2 heterocycles. The fourth-order valence-corrected chi connectivity index (χ4v) is 5.55. The fourth-order valence-electron chi connectivity index (χ4n) is 3.11. The van der Waals surface area contributed by atoms with Gasteiger partial charge >= 0.3 is 0 Å². The van der Waals surface area contributed by atoms with Crippen LogP contribution in [0.4, 0.5) is 0 Å². The summed E-state index contributed by atoms with van der Waals surface area (Å²) in [5.41, 5.74) is 0.912. The van der Waals surface area contributed by atoms with Crippen molar-refractivity contribution in [2.24, 2.45) is 0 Å². The molecule has 1 aromatic carbocycles. The molecular formula is C19H23NO5S2. The van der Waals surface area contributed by atoms with Crippen LogP contribution in [0.25, 0.3) is 0 Å². The summed E-state index contributed by atoms with van der Waals surface area (Å²) in [6.45, 7) is 0.622. The maximum Gasteiger partial charge on any atom is 0.249 e. The standard InChI is InChI=1S/C19H23NO5S2/c1-24-17-5-2-4-15(10-17)12-25-13-19(21)20(11-18-6-3-8-26-18)16-7-9-27(22,23)14-16/h2-6,8,10,16H,7,9,11-14H2,1H3. The van der Waals surface area contributed by atoms with Crippen LogP contribution in [0.3, 0.4) is 0 Å². The number of sulfone groups is 1. The largest absolute Gasteiger partial charge is 0.497 e. The Balaban J connectivity index is 1.61. The summed E-state index contributed by atoms with van der Waals surface area (Å²) in [6.07, 6.45) is 0.481. The fraction of sp³-hybridized carbons (Fsp3) is 0.421. The van der Waals surface area contributed by atoms with E-state index in [9.17, 15) is 13.2 Å². The van der Waals surface area contributed by atoms with Crippen molar-refractivity contribution < 1.29 is 22.7 Å². The lowest BCUT2D eigenvalue weighted by atomic mass is 10.2. The highest BCUT2D eigenvalue weighted by atomic mass is 32.2. The molecule has 1 aromatic heterocycles. The third-order valence-electron chi connectivity index (χ3n) is 4.50. The van der Waals surface area contributed by atoms with E-state index in [1.807, 2.05) is 41.8 Å². The van der Waals surface area contributed by atoms with Gasteiger partial charge in [-0.2, -0.15) is 0 Å². The van der Waals surface area contributed by atoms with E-state index in [0.29, 0.717) is 19.6 Å². The van der Waals surface area contributed by atoms with Crippen molar-refractivity contribution in [1.29, 1.82) is 0 Å². The van der Waals surface area contributed by atoms with E-state index in [-0.39, 0.29) is 30.1 Å². The second kappa shape index (κ2) is 8.86. The molecule has 1 saturated heterocycles. The van der Waals surface area contributed by atoms with Gasteiger partial charge in [-0.15, -0.1) is 11.3 Å². The van der Waals surface area contributed by atoms with Crippen LogP contribution >= 0.6 is 11.3 Å². The Kier molecular flexibility index (Phi) is 6.51. The highest BCUT2D eigenvalue weighted by molar-refractivity contribution is 7.91. The van der Waals surface area contributed by atoms with Gasteiger partial charge in [-0.25, -0.2) is 8.42 Å². The Hall–Kier alpha value is -1.90. The number of carbonyl (C=O) groups excluding carboxylic acids is 1. The molecule has 27 heavy (non-hydrogen) atoms. The summed E-state index contributed by atoms with van der Waals surface area (Å²) in [6, 6.07) is 11.1. The molecule has 1 atom stereocenters. The molecule has 1 aliphatic heterocycles. The molecule has 2 aromatic rings. The van der Waals surface area contributed by atoms with E-state index in [1.165, 1.54) is 0 Å². The molecule has 1 unspecified atom stereocenters. The number of ether oxygens (including phenoxy) is 2. The van der Waals surface area contributed by atoms with Gasteiger partial charge in [-0.3, -0.25) is 4.79 Å². The highest BCUT2D eigenvalue weighted by Gasteiger charge is 2.34. The van der Waals surface area contributed by atoms with Gasteiger partial charge in [0.15, 0.2) is 9.84 Å². The minimum absolute atomic E-state index is 0.0278. The topological polar surface area (TPSA) is 72.9 Å². The van der Waals surface area contributed by atoms with E-state index >= 15 is 0 Å². The zero-order chi connectivity index (χ0) is 19.3. The molecule has 3 rings (SSSR count). The number of hydrogen-bond donors (Lipinski definition) is 0. The van der Waals surface area contributed by atoms with Crippen molar-refractivity contribution in [1.82, 2.24) is 4.90 Å². The van der Waals surface area contributed by atoms with Crippen molar-refractivity contribution >= 4 is 27.1 Å². The molecule has 1 amide bonds. The average Bonchev–Trinajstić information content (AvgIpc) is 3.28. The highest BCUT2D eigenvalue weighted by Crippen LogP contribution is 2.22. The van der Waals surface area contributed by atoms with E-state index in [1.54, 1.807) is 23.3 Å². The van der Waals surface area contributed by atoms with E-state index in [0.717, 1.165) is 16.2 Å². The quantitative estimate of drug-likeness (QED) is 0.670. The second-order valence-electron chi connectivity index (χ2n) is 6.50. The predicted molar refractivity (Wildman–Crippen MR) is 105 cm³/mol. The minimum atomic E-state index is -3.07. The Labute approximate surface area is 163 Å². The molecule has 0 spiro atoms. The van der Waals surface area contributed by atoms with Crippen molar-refractivity contribution in [3.05, 3.63) is 52.2 Å². The van der Waals surface area contributed by atoms with Gasteiger partial charge in [0.25, 0.3) is 0 Å². The Bertz CT molecular complexity index is 864. The molecule has 1 fully saturated rings. The molecule has 0 N–H and O–H groups in total. The molecule has 0 saturated carbocycles.